The van der Waals surface area contributed by atoms with Gasteiger partial charge in [0.1, 0.15) is 0 Å². The van der Waals surface area contributed by atoms with E-state index in [0.29, 0.717) is 12.1 Å². The largest absolute Gasteiger partial charge is 0.294 e. The molecule has 0 aliphatic heterocycles. The van der Waals surface area contributed by atoms with Crippen LogP contribution in [0.1, 0.15) is 29.4 Å². The van der Waals surface area contributed by atoms with Crippen LogP contribution in [-0.2, 0) is 16.4 Å². The first-order chi connectivity index (χ1) is 11.7. The first-order valence-corrected chi connectivity index (χ1v) is 9.63. The fraction of sp³-hybridized carbons (Fsp3) is 0.267. The van der Waals surface area contributed by atoms with Gasteiger partial charge in [-0.25, -0.2) is 22.8 Å². The lowest BCUT2D eigenvalue weighted by atomic mass is 10.0. The Morgan fingerprint density at radius 3 is 2.68 bits per heavy atom. The monoisotopic (exact) mass is 405 g/mol. The number of benzene rings is 1. The van der Waals surface area contributed by atoms with E-state index in [4.69, 9.17) is 23.2 Å². The quantitative estimate of drug-likeness (QED) is 0.562. The second kappa shape index (κ2) is 8.07. The van der Waals surface area contributed by atoms with Gasteiger partial charge in [0.05, 0.1) is 29.1 Å². The molecule has 0 unspecified atom stereocenters. The molecule has 0 saturated heterocycles. The molecule has 134 valence electrons. The van der Waals surface area contributed by atoms with Gasteiger partial charge in [-0.15, -0.1) is 0 Å². The fourth-order valence-corrected chi connectivity index (χ4v) is 3.59. The first kappa shape index (κ1) is 19.6. The molecule has 0 atom stereocenters. The van der Waals surface area contributed by atoms with Gasteiger partial charge in [-0.3, -0.25) is 9.52 Å². The maximum Gasteiger partial charge on any atom is 0.232 e. The topological polar surface area (TPSA) is 89.0 Å². The number of rotatable bonds is 7. The van der Waals surface area contributed by atoms with Crippen LogP contribution in [0.4, 0.5) is 10.1 Å². The van der Waals surface area contributed by atoms with Crippen molar-refractivity contribution in [3.63, 3.8) is 0 Å². The lowest BCUT2D eigenvalue weighted by Gasteiger charge is -2.11. The molecule has 0 amide bonds. The molecule has 25 heavy (non-hydrogen) atoms. The predicted molar refractivity (Wildman–Crippen MR) is 94.2 cm³/mol. The van der Waals surface area contributed by atoms with Gasteiger partial charge in [0.15, 0.2) is 11.6 Å². The van der Waals surface area contributed by atoms with E-state index in [1.165, 1.54) is 12.3 Å². The van der Waals surface area contributed by atoms with Gasteiger partial charge in [-0.1, -0.05) is 18.5 Å². The molecule has 2 rings (SSSR count). The molecule has 0 saturated carbocycles. The number of carbonyl (C=O) groups excluding carboxylic acids is 1. The highest BCUT2D eigenvalue weighted by atomic mass is 35.5. The van der Waals surface area contributed by atoms with Gasteiger partial charge in [0.25, 0.3) is 0 Å². The van der Waals surface area contributed by atoms with Gasteiger partial charge in [-0.05, 0) is 36.2 Å². The summed E-state index contributed by atoms with van der Waals surface area (Å²) < 4.78 is 40.4. The van der Waals surface area contributed by atoms with E-state index in [9.17, 15) is 17.6 Å². The van der Waals surface area contributed by atoms with Crippen molar-refractivity contribution in [3.8, 4) is 0 Å². The number of hydrogen-bond donors (Lipinski definition) is 1. The number of nitrogens with one attached hydrogen (secondary N) is 1. The molecule has 1 aromatic carbocycles. The zero-order chi connectivity index (χ0) is 18.6. The summed E-state index contributed by atoms with van der Waals surface area (Å²) in [5, 5.41) is -0.00968. The standard InChI is InChI=1S/C15H14Cl2FN3O3S/c1-2-5-25(23,24)21-12-7-9(16)6-11(14(12)18)13(22)8-10-3-4-19-15(17)20-10/h3-4,6-7,21H,2,5,8H2,1H3. The third kappa shape index (κ3) is 5.35. The van der Waals surface area contributed by atoms with Gasteiger partial charge < -0.3 is 0 Å². The zero-order valence-electron chi connectivity index (χ0n) is 13.1. The van der Waals surface area contributed by atoms with Gasteiger partial charge in [0.2, 0.25) is 15.3 Å². The highest BCUT2D eigenvalue weighted by Gasteiger charge is 2.20. The maximum absolute atomic E-state index is 14.6. The van der Waals surface area contributed by atoms with E-state index >= 15 is 0 Å². The Bertz CT molecular complexity index is 907. The number of carbonyl (C=O) groups is 1. The van der Waals surface area contributed by atoms with Crippen LogP contribution in [0.2, 0.25) is 10.3 Å². The summed E-state index contributed by atoms with van der Waals surface area (Å²) in [6.07, 6.45) is 1.50. The molecular weight excluding hydrogens is 392 g/mol. The number of hydrogen-bond acceptors (Lipinski definition) is 5. The average Bonchev–Trinajstić information content (AvgIpc) is 2.50. The Kier molecular flexibility index (Phi) is 6.31. The minimum Gasteiger partial charge on any atom is -0.294 e. The molecule has 0 fully saturated rings. The third-order valence-corrected chi connectivity index (χ3v) is 4.98. The maximum atomic E-state index is 14.6. The van der Waals surface area contributed by atoms with Crippen LogP contribution in [0.25, 0.3) is 0 Å². The molecule has 6 nitrogen and oxygen atoms in total. The molecular formula is C15H14Cl2FN3O3S. The lowest BCUT2D eigenvalue weighted by molar-refractivity contribution is 0.0988. The van der Waals surface area contributed by atoms with Crippen LogP contribution in [0.3, 0.4) is 0 Å². The molecule has 0 aliphatic carbocycles. The normalized spacial score (nSPS) is 11.4. The van der Waals surface area contributed by atoms with Crippen LogP contribution >= 0.6 is 23.2 Å². The Morgan fingerprint density at radius 2 is 2.04 bits per heavy atom. The van der Waals surface area contributed by atoms with Crippen LogP contribution < -0.4 is 4.72 Å². The number of sulfonamides is 1. The van der Waals surface area contributed by atoms with Crippen molar-refractivity contribution in [2.45, 2.75) is 19.8 Å². The number of aromatic nitrogens is 2. The molecule has 1 N–H and O–H groups in total. The van der Waals surface area contributed by atoms with E-state index in [1.54, 1.807) is 6.92 Å². The number of ketones is 1. The summed E-state index contributed by atoms with van der Waals surface area (Å²) in [6.45, 7) is 1.68. The number of nitrogens with zero attached hydrogens (tertiary/aromatic N) is 2. The predicted octanol–water partition coefficient (Wildman–Crippen LogP) is 3.50. The summed E-state index contributed by atoms with van der Waals surface area (Å²) in [5.74, 6) is -1.79. The Balaban J connectivity index is 2.33. The molecule has 0 bridgehead atoms. The summed E-state index contributed by atoms with van der Waals surface area (Å²) in [4.78, 5) is 19.9. The smallest absolute Gasteiger partial charge is 0.232 e. The SMILES string of the molecule is CCCS(=O)(=O)Nc1cc(Cl)cc(C(=O)Cc2ccnc(Cl)n2)c1F. The Hall–Kier alpha value is -1.77. The number of anilines is 1. The van der Waals surface area contributed by atoms with Gasteiger partial charge in [0, 0.05) is 11.2 Å². The van der Waals surface area contributed by atoms with Crippen molar-refractivity contribution in [2.75, 3.05) is 10.5 Å². The van der Waals surface area contributed by atoms with Gasteiger partial charge in [-0.2, -0.15) is 0 Å². The number of Topliss-reactive ketones (excluding diaryl/α,β-unsaturated/α-hetero) is 1. The fourth-order valence-electron chi connectivity index (χ4n) is 2.08. The first-order valence-electron chi connectivity index (χ1n) is 7.22. The molecule has 0 aliphatic rings. The van der Waals surface area contributed by atoms with E-state index in [0.717, 1.165) is 12.1 Å². The van der Waals surface area contributed by atoms with E-state index in [2.05, 4.69) is 14.7 Å². The summed E-state index contributed by atoms with van der Waals surface area (Å²) in [6, 6.07) is 3.72. The van der Waals surface area contributed by atoms with Crippen LogP contribution in [0.5, 0.6) is 0 Å². The van der Waals surface area contributed by atoms with Crippen molar-refractivity contribution in [3.05, 3.63) is 51.8 Å². The van der Waals surface area contributed by atoms with Crippen molar-refractivity contribution in [2.24, 2.45) is 0 Å². The highest BCUT2D eigenvalue weighted by molar-refractivity contribution is 7.92. The lowest BCUT2D eigenvalue weighted by Crippen LogP contribution is -2.18. The second-order valence-corrected chi connectivity index (χ2v) is 7.77. The van der Waals surface area contributed by atoms with E-state index in [-0.39, 0.29) is 33.7 Å². The molecule has 0 spiro atoms. The van der Waals surface area contributed by atoms with E-state index in [1.807, 2.05) is 0 Å². The summed E-state index contributed by atoms with van der Waals surface area (Å²) in [7, 11) is -3.73. The minimum atomic E-state index is -3.73. The molecule has 2 aromatic rings. The molecule has 1 heterocycles. The zero-order valence-corrected chi connectivity index (χ0v) is 15.4. The van der Waals surface area contributed by atoms with E-state index < -0.39 is 21.6 Å². The third-order valence-electron chi connectivity index (χ3n) is 3.10. The highest BCUT2D eigenvalue weighted by Crippen LogP contribution is 2.26. The van der Waals surface area contributed by atoms with Crippen molar-refractivity contribution >= 4 is 44.7 Å². The van der Waals surface area contributed by atoms with Crippen LogP contribution in [0, 0.1) is 5.82 Å². The average molecular weight is 406 g/mol. The molecule has 0 radical (unpaired) electrons. The van der Waals surface area contributed by atoms with Gasteiger partial charge >= 0.3 is 0 Å². The Labute approximate surface area is 154 Å². The van der Waals surface area contributed by atoms with Crippen LogP contribution in [0.15, 0.2) is 24.4 Å². The van der Waals surface area contributed by atoms with Crippen LogP contribution in [-0.4, -0.2) is 29.9 Å². The number of halogens is 3. The van der Waals surface area contributed by atoms with Crippen molar-refractivity contribution in [1.82, 2.24) is 9.97 Å². The second-order valence-electron chi connectivity index (χ2n) is 5.15. The molecule has 10 heteroatoms. The Morgan fingerprint density at radius 1 is 1.32 bits per heavy atom. The van der Waals surface area contributed by atoms with Crippen molar-refractivity contribution in [1.29, 1.82) is 0 Å². The van der Waals surface area contributed by atoms with Crippen molar-refractivity contribution < 1.29 is 17.6 Å². The molecule has 1 aromatic heterocycles. The minimum absolute atomic E-state index is 0.0275. The summed E-state index contributed by atoms with van der Waals surface area (Å²) in [5.41, 5.74) is -0.404. The summed E-state index contributed by atoms with van der Waals surface area (Å²) >= 11 is 11.6.